The van der Waals surface area contributed by atoms with Gasteiger partial charge in [-0.1, -0.05) is 6.58 Å². The van der Waals surface area contributed by atoms with Crippen LogP contribution in [-0.4, -0.2) is 40.6 Å². The summed E-state index contributed by atoms with van der Waals surface area (Å²) in [6.07, 6.45) is 3.15. The third-order valence-electron chi connectivity index (χ3n) is 2.91. The lowest BCUT2D eigenvalue weighted by atomic mass is 10.1. The fourth-order valence-electron chi connectivity index (χ4n) is 2.03. The number of rotatable bonds is 4. The summed E-state index contributed by atoms with van der Waals surface area (Å²) in [5, 5.41) is 16.8. The number of hydrogen-bond acceptors (Lipinski definition) is 6. The van der Waals surface area contributed by atoms with E-state index in [1.54, 1.807) is 32.2 Å². The summed E-state index contributed by atoms with van der Waals surface area (Å²) in [5.41, 5.74) is 0.782. The molecule has 0 aromatic carbocycles. The van der Waals surface area contributed by atoms with Gasteiger partial charge in [0.05, 0.1) is 23.8 Å². The molecule has 0 radical (unpaired) electrons. The number of furan rings is 1. The lowest BCUT2D eigenvalue weighted by Gasteiger charge is -2.17. The molecule has 2 heterocycles. The molecule has 7 nitrogen and oxygen atoms in total. The Kier molecular flexibility index (Phi) is 6.15. The largest absolute Gasteiger partial charge is 0.483 e. The second-order valence-corrected chi connectivity index (χ2v) is 4.09. The Balaban J connectivity index is 0.000000745. The van der Waals surface area contributed by atoms with Crippen molar-refractivity contribution in [2.75, 3.05) is 7.05 Å². The normalized spacial score (nSPS) is 18.0. The van der Waals surface area contributed by atoms with Gasteiger partial charge in [0.25, 0.3) is 6.47 Å². The second-order valence-electron chi connectivity index (χ2n) is 4.09. The Labute approximate surface area is 127 Å². The van der Waals surface area contributed by atoms with Gasteiger partial charge < -0.3 is 24.3 Å². The first-order valence-electron chi connectivity index (χ1n) is 6.28. The lowest BCUT2D eigenvalue weighted by Crippen LogP contribution is -2.30. The molecule has 22 heavy (non-hydrogen) atoms. The highest BCUT2D eigenvalue weighted by molar-refractivity contribution is 6.11. The molecule has 1 aliphatic heterocycles. The van der Waals surface area contributed by atoms with Crippen LogP contribution in [0, 0.1) is 0 Å². The molecule has 0 amide bonds. The molecule has 1 atom stereocenters. The zero-order valence-corrected chi connectivity index (χ0v) is 12.2. The Morgan fingerprint density at radius 1 is 1.55 bits per heavy atom. The first-order chi connectivity index (χ1) is 10.5. The fraction of sp³-hybridized carbons (Fsp3) is 0.200. The molecule has 7 heteroatoms. The highest BCUT2D eigenvalue weighted by Crippen LogP contribution is 2.35. The molecule has 2 rings (SSSR count). The van der Waals surface area contributed by atoms with Crippen LogP contribution in [0.4, 0.5) is 0 Å². The first-order valence-corrected chi connectivity index (χ1v) is 6.28. The summed E-state index contributed by atoms with van der Waals surface area (Å²) in [7, 11) is 1.62. The lowest BCUT2D eigenvalue weighted by molar-refractivity contribution is -0.127. The molecule has 1 aromatic rings. The monoisotopic (exact) mass is 307 g/mol. The maximum absolute atomic E-state index is 12.2. The quantitative estimate of drug-likeness (QED) is 0.643. The van der Waals surface area contributed by atoms with Gasteiger partial charge >= 0.3 is 0 Å². The van der Waals surface area contributed by atoms with E-state index in [2.05, 4.69) is 6.58 Å². The first kappa shape index (κ1) is 17.3. The Hall–Kier alpha value is -2.80. The molecule has 1 unspecified atom stereocenters. The van der Waals surface area contributed by atoms with Crippen LogP contribution in [0.5, 0.6) is 0 Å². The predicted molar refractivity (Wildman–Crippen MR) is 78.1 cm³/mol. The van der Waals surface area contributed by atoms with Crippen molar-refractivity contribution in [1.82, 2.24) is 4.90 Å². The van der Waals surface area contributed by atoms with Gasteiger partial charge in [-0.05, 0) is 25.1 Å². The number of carboxylic acid groups (broad SMARTS) is 1. The number of hydrogen-bond donors (Lipinski definition) is 2. The number of Topliss-reactive ketones (excluding diaryl/α,β-unsaturated/α-hetero) is 1. The molecule has 1 aliphatic rings. The number of ether oxygens (including phenoxy) is 1. The molecule has 1 aromatic heterocycles. The van der Waals surface area contributed by atoms with Crippen LogP contribution in [0.15, 0.2) is 53.1 Å². The summed E-state index contributed by atoms with van der Waals surface area (Å²) in [5.74, 6) is 0.410. The van der Waals surface area contributed by atoms with Gasteiger partial charge in [-0.15, -0.1) is 0 Å². The Morgan fingerprint density at radius 3 is 2.64 bits per heavy atom. The number of carbonyl (C=O) groups is 2. The van der Waals surface area contributed by atoms with E-state index in [1.807, 2.05) is 0 Å². The average Bonchev–Trinajstić information content (AvgIpc) is 3.09. The fourth-order valence-corrected chi connectivity index (χ4v) is 2.03. The van der Waals surface area contributed by atoms with Gasteiger partial charge in [-0.25, -0.2) is 0 Å². The molecule has 0 saturated heterocycles. The molecule has 118 valence electrons. The van der Waals surface area contributed by atoms with Crippen LogP contribution >= 0.6 is 0 Å². The third kappa shape index (κ3) is 3.26. The SMILES string of the molecule is C=CO/C(=C\C)C1=C(c2ccco2)N(C)C(O)C1=O.O=CO. The second kappa shape index (κ2) is 7.84. The van der Waals surface area contributed by atoms with Crippen molar-refractivity contribution in [2.24, 2.45) is 0 Å². The van der Waals surface area contributed by atoms with Gasteiger partial charge in [0.1, 0.15) is 5.76 Å². The molecule has 0 aliphatic carbocycles. The standard InChI is InChI=1S/C14H15NO4.CH2O2/c1-4-9(18-5-2)11-12(10-7-6-8-19-10)15(3)14(17)13(11)16;2-1-3/h4-8,14,17H,2H2,1,3H3;1H,(H,2,3)/b9-4-;. The van der Waals surface area contributed by atoms with Gasteiger partial charge in [0.15, 0.2) is 12.0 Å². The summed E-state index contributed by atoms with van der Waals surface area (Å²) < 4.78 is 10.6. The molecule has 0 saturated carbocycles. The van der Waals surface area contributed by atoms with E-state index >= 15 is 0 Å². The van der Waals surface area contributed by atoms with Crippen molar-refractivity contribution in [3.05, 3.63) is 54.4 Å². The summed E-state index contributed by atoms with van der Waals surface area (Å²) in [6, 6.07) is 3.44. The maximum atomic E-state index is 12.2. The summed E-state index contributed by atoms with van der Waals surface area (Å²) in [4.78, 5) is 22.0. The average molecular weight is 307 g/mol. The number of carbonyl (C=O) groups excluding carboxylic acids is 1. The van der Waals surface area contributed by atoms with E-state index in [9.17, 15) is 9.90 Å². The smallest absolute Gasteiger partial charge is 0.290 e. The molecular weight excluding hydrogens is 290 g/mol. The number of aliphatic hydroxyl groups excluding tert-OH is 1. The highest BCUT2D eigenvalue weighted by atomic mass is 16.5. The minimum atomic E-state index is -1.24. The van der Waals surface area contributed by atoms with Crippen LogP contribution in [-0.2, 0) is 14.3 Å². The summed E-state index contributed by atoms with van der Waals surface area (Å²) in [6.45, 7) is 4.96. The zero-order valence-electron chi connectivity index (χ0n) is 12.2. The topological polar surface area (TPSA) is 100 Å². The zero-order chi connectivity index (χ0) is 16.7. The van der Waals surface area contributed by atoms with Gasteiger partial charge in [-0.2, -0.15) is 0 Å². The van der Waals surface area contributed by atoms with Crippen molar-refractivity contribution < 1.29 is 29.0 Å². The van der Waals surface area contributed by atoms with Gasteiger partial charge in [0.2, 0.25) is 5.78 Å². The van der Waals surface area contributed by atoms with Gasteiger partial charge in [0, 0.05) is 7.05 Å². The van der Waals surface area contributed by atoms with E-state index < -0.39 is 12.0 Å². The Morgan fingerprint density at radius 2 is 2.18 bits per heavy atom. The maximum Gasteiger partial charge on any atom is 0.290 e. The van der Waals surface area contributed by atoms with Crippen molar-refractivity contribution in [1.29, 1.82) is 0 Å². The number of nitrogens with zero attached hydrogens (tertiary/aromatic N) is 1. The highest BCUT2D eigenvalue weighted by Gasteiger charge is 2.40. The van der Waals surface area contributed by atoms with E-state index in [4.69, 9.17) is 19.1 Å². The molecule has 2 N–H and O–H groups in total. The van der Waals surface area contributed by atoms with E-state index in [0.29, 0.717) is 17.2 Å². The van der Waals surface area contributed by atoms with Crippen LogP contribution in [0.3, 0.4) is 0 Å². The van der Waals surface area contributed by atoms with Crippen molar-refractivity contribution in [2.45, 2.75) is 13.2 Å². The van der Waals surface area contributed by atoms with E-state index in [1.165, 1.54) is 17.4 Å². The molecular formula is C15H17NO6. The van der Waals surface area contributed by atoms with Gasteiger partial charge in [-0.3, -0.25) is 9.59 Å². The van der Waals surface area contributed by atoms with Crippen molar-refractivity contribution in [3.8, 4) is 0 Å². The van der Waals surface area contributed by atoms with Crippen LogP contribution in [0.1, 0.15) is 12.7 Å². The van der Waals surface area contributed by atoms with E-state index in [0.717, 1.165) is 0 Å². The minimum Gasteiger partial charge on any atom is -0.483 e. The number of likely N-dealkylation sites (N-methyl/N-ethyl adjacent to an activating group) is 1. The Bertz CT molecular complexity index is 600. The van der Waals surface area contributed by atoms with Crippen molar-refractivity contribution in [3.63, 3.8) is 0 Å². The molecule has 0 fully saturated rings. The predicted octanol–water partition coefficient (Wildman–Crippen LogP) is 1.59. The molecule has 0 bridgehead atoms. The van der Waals surface area contributed by atoms with Crippen molar-refractivity contribution >= 4 is 18.0 Å². The summed E-state index contributed by atoms with van der Waals surface area (Å²) >= 11 is 0. The van der Waals surface area contributed by atoms with Crippen LogP contribution in [0.2, 0.25) is 0 Å². The number of allylic oxidation sites excluding steroid dienone is 2. The van der Waals surface area contributed by atoms with Crippen LogP contribution < -0.4 is 0 Å². The van der Waals surface area contributed by atoms with E-state index in [-0.39, 0.29) is 12.0 Å². The number of aliphatic hydroxyl groups is 1. The van der Waals surface area contributed by atoms with Crippen LogP contribution in [0.25, 0.3) is 5.70 Å². The minimum absolute atomic E-state index is 0.250. The third-order valence-corrected chi connectivity index (χ3v) is 2.91. The number of ketones is 1. The molecule has 0 spiro atoms.